The predicted octanol–water partition coefficient (Wildman–Crippen LogP) is 5.18. The summed E-state index contributed by atoms with van der Waals surface area (Å²) in [5.41, 5.74) is 11.5. The highest BCUT2D eigenvalue weighted by Crippen LogP contribution is 2.37. The van der Waals surface area contributed by atoms with E-state index < -0.39 is 0 Å². The Morgan fingerprint density at radius 1 is 1.13 bits per heavy atom. The molecule has 0 radical (unpaired) electrons. The average molecular weight is 414 g/mol. The SMILES string of the molecule is CC(C)c1ccc(C2CC(=O)c3c(nc4c(cnn4-c4cccc(F)c4)c3N)C2)cc1. The van der Waals surface area contributed by atoms with Crippen LogP contribution in [0.5, 0.6) is 0 Å². The topological polar surface area (TPSA) is 73.8 Å². The highest BCUT2D eigenvalue weighted by Gasteiger charge is 2.31. The third kappa shape index (κ3) is 3.28. The van der Waals surface area contributed by atoms with Gasteiger partial charge in [-0.05, 0) is 47.6 Å². The molecule has 1 atom stereocenters. The Bertz CT molecular complexity index is 1310. The predicted molar refractivity (Wildman–Crippen MR) is 119 cm³/mol. The van der Waals surface area contributed by atoms with Gasteiger partial charge in [-0.2, -0.15) is 5.10 Å². The molecule has 31 heavy (non-hydrogen) atoms. The van der Waals surface area contributed by atoms with Crippen LogP contribution in [0, 0.1) is 5.82 Å². The number of ketones is 1. The second-order valence-electron chi connectivity index (χ2n) is 8.47. The maximum Gasteiger partial charge on any atom is 0.167 e. The molecule has 0 aliphatic heterocycles. The van der Waals surface area contributed by atoms with Gasteiger partial charge in [0, 0.05) is 6.42 Å². The van der Waals surface area contributed by atoms with Crippen molar-refractivity contribution in [3.63, 3.8) is 0 Å². The number of hydrogen-bond acceptors (Lipinski definition) is 4. The zero-order valence-corrected chi connectivity index (χ0v) is 17.5. The Hall–Kier alpha value is -3.54. The Kier molecular flexibility index (Phi) is 4.58. The Labute approximate surface area is 179 Å². The normalized spacial score (nSPS) is 16.1. The molecule has 156 valence electrons. The van der Waals surface area contributed by atoms with Gasteiger partial charge in [0.2, 0.25) is 0 Å². The van der Waals surface area contributed by atoms with Crippen LogP contribution >= 0.6 is 0 Å². The third-order valence-electron chi connectivity index (χ3n) is 6.11. The van der Waals surface area contributed by atoms with E-state index >= 15 is 0 Å². The summed E-state index contributed by atoms with van der Waals surface area (Å²) in [5, 5.41) is 4.97. The first-order valence-corrected chi connectivity index (χ1v) is 10.5. The van der Waals surface area contributed by atoms with Gasteiger partial charge in [0.15, 0.2) is 11.4 Å². The van der Waals surface area contributed by atoms with Gasteiger partial charge in [0.1, 0.15) is 5.82 Å². The van der Waals surface area contributed by atoms with Crippen molar-refractivity contribution in [2.45, 2.75) is 38.5 Å². The molecular weight excluding hydrogens is 391 g/mol. The van der Waals surface area contributed by atoms with Crippen molar-refractivity contribution in [2.75, 3.05) is 5.73 Å². The fraction of sp³-hybridized carbons (Fsp3) is 0.240. The fourth-order valence-corrected chi connectivity index (χ4v) is 4.39. The molecular formula is C25H23FN4O. The molecule has 2 aromatic carbocycles. The number of carbonyl (C=O) groups excluding carboxylic acids is 1. The molecule has 5 nitrogen and oxygen atoms in total. The number of aromatic nitrogens is 3. The van der Waals surface area contributed by atoms with Crippen molar-refractivity contribution in [1.82, 2.24) is 14.8 Å². The van der Waals surface area contributed by atoms with E-state index in [1.807, 2.05) is 0 Å². The first-order valence-electron chi connectivity index (χ1n) is 10.5. The van der Waals surface area contributed by atoms with Crippen LogP contribution in [0.3, 0.4) is 0 Å². The number of carbonyl (C=O) groups is 1. The highest BCUT2D eigenvalue weighted by molar-refractivity contribution is 6.09. The molecule has 2 N–H and O–H groups in total. The zero-order chi connectivity index (χ0) is 21.7. The second kappa shape index (κ2) is 7.30. The number of benzene rings is 2. The second-order valence-corrected chi connectivity index (χ2v) is 8.47. The number of pyridine rings is 1. The zero-order valence-electron chi connectivity index (χ0n) is 17.5. The smallest absolute Gasteiger partial charge is 0.167 e. The van der Waals surface area contributed by atoms with Crippen LogP contribution < -0.4 is 5.73 Å². The minimum atomic E-state index is -0.354. The van der Waals surface area contributed by atoms with Gasteiger partial charge in [-0.3, -0.25) is 4.79 Å². The molecule has 1 unspecified atom stereocenters. The summed E-state index contributed by atoms with van der Waals surface area (Å²) in [4.78, 5) is 17.8. The van der Waals surface area contributed by atoms with Crippen molar-refractivity contribution in [3.05, 3.63) is 82.9 Å². The summed E-state index contributed by atoms with van der Waals surface area (Å²) in [6, 6.07) is 14.6. The van der Waals surface area contributed by atoms with Gasteiger partial charge in [0.05, 0.1) is 34.2 Å². The molecule has 2 heterocycles. The summed E-state index contributed by atoms with van der Waals surface area (Å²) in [6.45, 7) is 4.32. The average Bonchev–Trinajstić information content (AvgIpc) is 3.18. The maximum absolute atomic E-state index is 13.7. The maximum atomic E-state index is 13.7. The van der Waals surface area contributed by atoms with Crippen LogP contribution in [0.15, 0.2) is 54.7 Å². The quantitative estimate of drug-likeness (QED) is 0.501. The lowest BCUT2D eigenvalue weighted by molar-refractivity contribution is 0.0964. The molecule has 0 fully saturated rings. The summed E-state index contributed by atoms with van der Waals surface area (Å²) >= 11 is 0. The van der Waals surface area contributed by atoms with Crippen LogP contribution in [0.4, 0.5) is 10.1 Å². The number of nitrogens with two attached hydrogens (primary N) is 1. The standard InChI is InChI=1S/C25H23FN4O/c1-14(2)15-6-8-16(9-7-15)17-10-21-23(22(31)11-17)24(27)20-13-28-30(25(20)29-21)19-5-3-4-18(26)12-19/h3-9,12-14,17H,10-11H2,1-2H3,(H2,27,29). The van der Waals surface area contributed by atoms with Gasteiger partial charge in [-0.1, -0.05) is 44.2 Å². The fourth-order valence-electron chi connectivity index (χ4n) is 4.39. The molecule has 1 aliphatic carbocycles. The van der Waals surface area contributed by atoms with E-state index in [0.29, 0.717) is 52.4 Å². The monoisotopic (exact) mass is 414 g/mol. The van der Waals surface area contributed by atoms with Crippen molar-refractivity contribution >= 4 is 22.5 Å². The van der Waals surface area contributed by atoms with Gasteiger partial charge in [-0.15, -0.1) is 0 Å². The molecule has 0 spiro atoms. The number of nitrogen functional groups attached to an aromatic ring is 1. The van der Waals surface area contributed by atoms with E-state index in [1.165, 1.54) is 17.7 Å². The largest absolute Gasteiger partial charge is 0.397 e. The minimum absolute atomic E-state index is 0.00425. The first-order chi connectivity index (χ1) is 14.9. The van der Waals surface area contributed by atoms with E-state index in [4.69, 9.17) is 10.7 Å². The van der Waals surface area contributed by atoms with Crippen LogP contribution in [0.1, 0.15) is 59.3 Å². The number of hydrogen-bond donors (Lipinski definition) is 1. The molecule has 0 saturated heterocycles. The van der Waals surface area contributed by atoms with Crippen LogP contribution in [-0.4, -0.2) is 20.5 Å². The number of rotatable bonds is 3. The number of anilines is 1. The van der Waals surface area contributed by atoms with Crippen LogP contribution in [0.25, 0.3) is 16.7 Å². The van der Waals surface area contributed by atoms with E-state index in [0.717, 1.165) is 5.56 Å². The molecule has 1 aliphatic rings. The molecule has 4 aromatic rings. The minimum Gasteiger partial charge on any atom is -0.397 e. The van der Waals surface area contributed by atoms with Gasteiger partial charge < -0.3 is 5.73 Å². The van der Waals surface area contributed by atoms with Crippen LogP contribution in [0.2, 0.25) is 0 Å². The summed E-state index contributed by atoms with van der Waals surface area (Å²) in [5.74, 6) is 0.161. The number of halogens is 1. The lowest BCUT2D eigenvalue weighted by atomic mass is 9.80. The summed E-state index contributed by atoms with van der Waals surface area (Å²) in [7, 11) is 0. The van der Waals surface area contributed by atoms with E-state index in [9.17, 15) is 9.18 Å². The third-order valence-corrected chi connectivity index (χ3v) is 6.11. The number of Topliss-reactive ketones (excluding diaryl/α,β-unsaturated/α-hetero) is 1. The summed E-state index contributed by atoms with van der Waals surface area (Å²) in [6.07, 6.45) is 2.62. The van der Waals surface area contributed by atoms with Crippen molar-refractivity contribution < 1.29 is 9.18 Å². The molecule has 2 aromatic heterocycles. The Morgan fingerprint density at radius 2 is 1.90 bits per heavy atom. The lowest BCUT2D eigenvalue weighted by Crippen LogP contribution is -2.22. The van der Waals surface area contributed by atoms with Gasteiger partial charge >= 0.3 is 0 Å². The Morgan fingerprint density at radius 3 is 2.61 bits per heavy atom. The van der Waals surface area contributed by atoms with Crippen molar-refractivity contribution in [1.29, 1.82) is 0 Å². The lowest BCUT2D eigenvalue weighted by Gasteiger charge is -2.25. The molecule has 5 rings (SSSR count). The molecule has 0 bridgehead atoms. The number of nitrogens with zero attached hydrogens (tertiary/aromatic N) is 3. The van der Waals surface area contributed by atoms with Gasteiger partial charge in [-0.25, -0.2) is 14.1 Å². The number of fused-ring (bicyclic) bond motifs is 2. The van der Waals surface area contributed by atoms with Crippen LogP contribution in [-0.2, 0) is 6.42 Å². The Balaban J connectivity index is 1.59. The summed E-state index contributed by atoms with van der Waals surface area (Å²) < 4.78 is 15.3. The first kappa shape index (κ1) is 19.4. The van der Waals surface area contributed by atoms with E-state index in [1.54, 1.807) is 23.0 Å². The van der Waals surface area contributed by atoms with E-state index in [2.05, 4.69) is 43.2 Å². The van der Waals surface area contributed by atoms with Gasteiger partial charge in [0.25, 0.3) is 0 Å². The molecule has 0 saturated carbocycles. The van der Waals surface area contributed by atoms with Crippen molar-refractivity contribution in [3.8, 4) is 5.69 Å². The highest BCUT2D eigenvalue weighted by atomic mass is 19.1. The molecule has 6 heteroatoms. The van der Waals surface area contributed by atoms with Crippen molar-refractivity contribution in [2.24, 2.45) is 0 Å². The van der Waals surface area contributed by atoms with E-state index in [-0.39, 0.29) is 17.5 Å². The molecule has 0 amide bonds.